The highest BCUT2D eigenvalue weighted by atomic mass is 14.8. The highest BCUT2D eigenvalue weighted by Crippen LogP contribution is 2.26. The molecular formula is C15H22N2. The van der Waals surface area contributed by atoms with Crippen molar-refractivity contribution in [1.82, 2.24) is 10.3 Å². The summed E-state index contributed by atoms with van der Waals surface area (Å²) in [6, 6.07) is 8.98. The van der Waals surface area contributed by atoms with Gasteiger partial charge in [-0.15, -0.1) is 0 Å². The van der Waals surface area contributed by atoms with E-state index in [9.17, 15) is 0 Å². The van der Waals surface area contributed by atoms with E-state index < -0.39 is 0 Å². The summed E-state index contributed by atoms with van der Waals surface area (Å²) < 4.78 is 0. The first-order chi connectivity index (χ1) is 8.00. The van der Waals surface area contributed by atoms with E-state index in [1.807, 2.05) is 7.05 Å². The number of rotatable bonds is 3. The third-order valence-corrected chi connectivity index (χ3v) is 3.19. The monoisotopic (exact) mass is 230 g/mol. The number of H-pyrrole nitrogens is 1. The van der Waals surface area contributed by atoms with Gasteiger partial charge in [0, 0.05) is 17.8 Å². The standard InChI is InChI=1S/C15H22N2/c1-15(2,3)12-5-6-14-11(9-12)10-13(17-14)7-8-16-4/h5-6,9-10,16-17H,7-8H2,1-4H3. The van der Waals surface area contributed by atoms with Crippen molar-refractivity contribution in [3.8, 4) is 0 Å². The Balaban J connectivity index is 2.34. The first-order valence-corrected chi connectivity index (χ1v) is 6.27. The first kappa shape index (κ1) is 12.2. The van der Waals surface area contributed by atoms with Crippen LogP contribution in [0.4, 0.5) is 0 Å². The third kappa shape index (κ3) is 2.70. The predicted molar refractivity (Wildman–Crippen MR) is 74.6 cm³/mol. The summed E-state index contributed by atoms with van der Waals surface area (Å²) >= 11 is 0. The van der Waals surface area contributed by atoms with E-state index in [-0.39, 0.29) is 5.41 Å². The minimum absolute atomic E-state index is 0.219. The summed E-state index contributed by atoms with van der Waals surface area (Å²) in [4.78, 5) is 3.47. The highest BCUT2D eigenvalue weighted by molar-refractivity contribution is 5.81. The van der Waals surface area contributed by atoms with Crippen LogP contribution >= 0.6 is 0 Å². The third-order valence-electron chi connectivity index (χ3n) is 3.19. The van der Waals surface area contributed by atoms with Crippen LogP contribution in [0, 0.1) is 0 Å². The lowest BCUT2D eigenvalue weighted by Crippen LogP contribution is -2.10. The number of benzene rings is 1. The minimum Gasteiger partial charge on any atom is -0.358 e. The minimum atomic E-state index is 0.219. The molecule has 1 aromatic heterocycles. The molecule has 2 N–H and O–H groups in total. The summed E-state index contributed by atoms with van der Waals surface area (Å²) in [6.45, 7) is 7.77. The van der Waals surface area contributed by atoms with Crippen molar-refractivity contribution in [2.24, 2.45) is 0 Å². The van der Waals surface area contributed by atoms with Crippen molar-refractivity contribution in [3.63, 3.8) is 0 Å². The first-order valence-electron chi connectivity index (χ1n) is 6.27. The van der Waals surface area contributed by atoms with E-state index in [4.69, 9.17) is 0 Å². The molecule has 2 nitrogen and oxygen atoms in total. The summed E-state index contributed by atoms with van der Waals surface area (Å²) in [5, 5.41) is 4.50. The lowest BCUT2D eigenvalue weighted by Gasteiger charge is -2.18. The van der Waals surface area contributed by atoms with Crippen molar-refractivity contribution in [1.29, 1.82) is 0 Å². The van der Waals surface area contributed by atoms with E-state index >= 15 is 0 Å². The number of fused-ring (bicyclic) bond motifs is 1. The molecule has 0 spiro atoms. The van der Waals surface area contributed by atoms with Crippen LogP contribution in [-0.2, 0) is 11.8 Å². The lowest BCUT2D eigenvalue weighted by atomic mass is 9.86. The van der Waals surface area contributed by atoms with Gasteiger partial charge in [-0.1, -0.05) is 26.8 Å². The molecule has 2 aromatic rings. The van der Waals surface area contributed by atoms with Crippen molar-refractivity contribution in [2.75, 3.05) is 13.6 Å². The summed E-state index contributed by atoms with van der Waals surface area (Å²) in [5.41, 5.74) is 4.16. The molecule has 2 rings (SSSR count). The van der Waals surface area contributed by atoms with Crippen molar-refractivity contribution >= 4 is 10.9 Å². The molecule has 0 unspecified atom stereocenters. The Morgan fingerprint density at radius 2 is 1.94 bits per heavy atom. The molecule has 0 aliphatic carbocycles. The van der Waals surface area contributed by atoms with Gasteiger partial charge in [0.15, 0.2) is 0 Å². The largest absolute Gasteiger partial charge is 0.358 e. The fourth-order valence-electron chi connectivity index (χ4n) is 2.05. The number of likely N-dealkylation sites (N-methyl/N-ethyl adjacent to an activating group) is 1. The fourth-order valence-corrected chi connectivity index (χ4v) is 2.05. The van der Waals surface area contributed by atoms with Gasteiger partial charge >= 0.3 is 0 Å². The molecule has 0 saturated heterocycles. The molecule has 17 heavy (non-hydrogen) atoms. The van der Waals surface area contributed by atoms with Gasteiger partial charge in [0.25, 0.3) is 0 Å². The van der Waals surface area contributed by atoms with Gasteiger partial charge in [0.05, 0.1) is 0 Å². The van der Waals surface area contributed by atoms with E-state index in [2.05, 4.69) is 55.3 Å². The topological polar surface area (TPSA) is 27.8 Å². The van der Waals surface area contributed by atoms with E-state index in [0.717, 1.165) is 13.0 Å². The molecule has 0 radical (unpaired) electrons. The molecule has 0 aliphatic heterocycles. The predicted octanol–water partition coefficient (Wildman–Crippen LogP) is 3.23. The Labute approximate surface area is 103 Å². The van der Waals surface area contributed by atoms with Gasteiger partial charge in [-0.3, -0.25) is 0 Å². The zero-order chi connectivity index (χ0) is 12.5. The number of nitrogens with one attached hydrogen (secondary N) is 2. The Kier molecular flexibility index (Phi) is 3.25. The van der Waals surface area contributed by atoms with Crippen LogP contribution in [-0.4, -0.2) is 18.6 Å². The average molecular weight is 230 g/mol. The van der Waals surface area contributed by atoms with Crippen LogP contribution in [0.15, 0.2) is 24.3 Å². The van der Waals surface area contributed by atoms with Crippen molar-refractivity contribution in [3.05, 3.63) is 35.5 Å². The van der Waals surface area contributed by atoms with Crippen LogP contribution < -0.4 is 5.32 Å². The van der Waals surface area contributed by atoms with Gasteiger partial charge in [-0.25, -0.2) is 0 Å². The van der Waals surface area contributed by atoms with Gasteiger partial charge < -0.3 is 10.3 Å². The summed E-state index contributed by atoms with van der Waals surface area (Å²) in [7, 11) is 1.99. The Morgan fingerprint density at radius 3 is 2.59 bits per heavy atom. The summed E-state index contributed by atoms with van der Waals surface area (Å²) in [5.74, 6) is 0. The second-order valence-electron chi connectivity index (χ2n) is 5.70. The van der Waals surface area contributed by atoms with Crippen LogP contribution in [0.5, 0.6) is 0 Å². The van der Waals surface area contributed by atoms with E-state index in [1.54, 1.807) is 0 Å². The molecule has 1 heterocycles. The number of hydrogen-bond donors (Lipinski definition) is 2. The van der Waals surface area contributed by atoms with E-state index in [0.29, 0.717) is 0 Å². The Hall–Kier alpha value is -1.28. The summed E-state index contributed by atoms with van der Waals surface area (Å²) in [6.07, 6.45) is 1.05. The fraction of sp³-hybridized carbons (Fsp3) is 0.467. The van der Waals surface area contributed by atoms with Crippen molar-refractivity contribution in [2.45, 2.75) is 32.6 Å². The SMILES string of the molecule is CNCCc1cc2cc(C(C)(C)C)ccc2[nH]1. The molecule has 0 bridgehead atoms. The Bertz CT molecular complexity index is 503. The van der Waals surface area contributed by atoms with Crippen LogP contribution in [0.25, 0.3) is 10.9 Å². The molecule has 0 amide bonds. The number of aromatic nitrogens is 1. The second kappa shape index (κ2) is 4.53. The molecule has 2 heteroatoms. The van der Waals surface area contributed by atoms with E-state index in [1.165, 1.54) is 22.2 Å². The number of aromatic amines is 1. The Morgan fingerprint density at radius 1 is 1.18 bits per heavy atom. The van der Waals surface area contributed by atoms with Gasteiger partial charge in [-0.2, -0.15) is 0 Å². The van der Waals surface area contributed by atoms with Gasteiger partial charge in [0.2, 0.25) is 0 Å². The average Bonchev–Trinajstić information content (AvgIpc) is 2.66. The van der Waals surface area contributed by atoms with Crippen LogP contribution in [0.1, 0.15) is 32.0 Å². The normalized spacial score (nSPS) is 12.2. The zero-order valence-corrected chi connectivity index (χ0v) is 11.2. The zero-order valence-electron chi connectivity index (χ0n) is 11.2. The smallest absolute Gasteiger partial charge is 0.0456 e. The molecule has 0 saturated carbocycles. The highest BCUT2D eigenvalue weighted by Gasteiger charge is 2.14. The maximum Gasteiger partial charge on any atom is 0.0456 e. The van der Waals surface area contributed by atoms with Crippen LogP contribution in [0.3, 0.4) is 0 Å². The lowest BCUT2D eigenvalue weighted by molar-refractivity contribution is 0.591. The second-order valence-corrected chi connectivity index (χ2v) is 5.70. The van der Waals surface area contributed by atoms with Gasteiger partial charge in [-0.05, 0) is 48.0 Å². The van der Waals surface area contributed by atoms with Crippen LogP contribution in [0.2, 0.25) is 0 Å². The molecule has 92 valence electrons. The quantitative estimate of drug-likeness (QED) is 0.832. The molecule has 0 fully saturated rings. The molecular weight excluding hydrogens is 208 g/mol. The maximum atomic E-state index is 3.47. The molecule has 0 aliphatic rings. The molecule has 1 aromatic carbocycles. The number of hydrogen-bond acceptors (Lipinski definition) is 1. The van der Waals surface area contributed by atoms with Gasteiger partial charge in [0.1, 0.15) is 0 Å². The molecule has 0 atom stereocenters. The van der Waals surface area contributed by atoms with Crippen molar-refractivity contribution < 1.29 is 0 Å². The maximum absolute atomic E-state index is 3.47.